The maximum Gasteiger partial charge on any atom is 0.226 e. The quantitative estimate of drug-likeness (QED) is 0.743. The van der Waals surface area contributed by atoms with E-state index >= 15 is 0 Å². The highest BCUT2D eigenvalue weighted by molar-refractivity contribution is 5.79. The zero-order valence-corrected chi connectivity index (χ0v) is 12.3. The van der Waals surface area contributed by atoms with Gasteiger partial charge in [0.25, 0.3) is 0 Å². The van der Waals surface area contributed by atoms with Gasteiger partial charge < -0.3 is 14.4 Å². The molecule has 1 aliphatic heterocycles. The number of allylic oxidation sites excluding steroid dienone is 2. The van der Waals surface area contributed by atoms with Gasteiger partial charge in [-0.2, -0.15) is 0 Å². The minimum Gasteiger partial charge on any atom is -0.376 e. The van der Waals surface area contributed by atoms with E-state index in [0.717, 1.165) is 45.3 Å². The summed E-state index contributed by atoms with van der Waals surface area (Å²) in [6, 6.07) is 0.235. The van der Waals surface area contributed by atoms with Gasteiger partial charge in [0.15, 0.2) is 0 Å². The van der Waals surface area contributed by atoms with Crippen LogP contribution in [-0.2, 0) is 14.3 Å². The van der Waals surface area contributed by atoms with Crippen LogP contribution in [0.1, 0.15) is 39.0 Å². The molecule has 112 valence electrons. The van der Waals surface area contributed by atoms with Gasteiger partial charge in [-0.15, -0.1) is 0 Å². The molecule has 4 heteroatoms. The van der Waals surface area contributed by atoms with E-state index in [0.29, 0.717) is 12.5 Å². The molecule has 3 rings (SSSR count). The predicted octanol–water partition coefficient (Wildman–Crippen LogP) is 2.14. The van der Waals surface area contributed by atoms with Crippen molar-refractivity contribution in [2.24, 2.45) is 5.92 Å². The SMILES string of the molecule is CCO[C@@H]1CC[C@H]2[C@H]1OCCN2C(=O)[C@H]1CC=CCC1. The first-order valence-corrected chi connectivity index (χ1v) is 8.00. The van der Waals surface area contributed by atoms with E-state index in [4.69, 9.17) is 9.47 Å². The zero-order chi connectivity index (χ0) is 13.9. The molecule has 4 atom stereocenters. The molecule has 0 unspecified atom stereocenters. The largest absolute Gasteiger partial charge is 0.376 e. The van der Waals surface area contributed by atoms with Crippen LogP contribution < -0.4 is 0 Å². The van der Waals surface area contributed by atoms with Crippen LogP contribution in [0.25, 0.3) is 0 Å². The van der Waals surface area contributed by atoms with E-state index in [2.05, 4.69) is 17.1 Å². The van der Waals surface area contributed by atoms with Crippen LogP contribution in [0.15, 0.2) is 12.2 Å². The molecule has 1 heterocycles. The summed E-state index contributed by atoms with van der Waals surface area (Å²) in [5.41, 5.74) is 0. The monoisotopic (exact) mass is 279 g/mol. The Morgan fingerprint density at radius 1 is 1.35 bits per heavy atom. The predicted molar refractivity (Wildman–Crippen MR) is 76.4 cm³/mol. The number of carbonyl (C=O) groups is 1. The van der Waals surface area contributed by atoms with Gasteiger partial charge >= 0.3 is 0 Å². The Hall–Kier alpha value is -0.870. The number of morpholine rings is 1. The standard InChI is InChI=1S/C16H25NO3/c1-2-19-14-9-8-13-15(14)20-11-10-17(13)16(18)12-6-4-3-5-7-12/h3-4,12-15H,2,5-11H2,1H3/t12-,13-,14+,15+/m0/s1. The summed E-state index contributed by atoms with van der Waals surface area (Å²) in [5, 5.41) is 0. The van der Waals surface area contributed by atoms with Crippen LogP contribution >= 0.6 is 0 Å². The van der Waals surface area contributed by atoms with Crippen molar-refractivity contribution in [1.82, 2.24) is 4.90 Å². The third kappa shape index (κ3) is 2.63. The lowest BCUT2D eigenvalue weighted by Gasteiger charge is -2.40. The third-order valence-corrected chi connectivity index (χ3v) is 4.82. The van der Waals surface area contributed by atoms with Crippen molar-refractivity contribution in [2.75, 3.05) is 19.8 Å². The first-order valence-electron chi connectivity index (χ1n) is 8.00. The number of hydrogen-bond acceptors (Lipinski definition) is 3. The second-order valence-corrected chi connectivity index (χ2v) is 5.99. The van der Waals surface area contributed by atoms with E-state index in [1.165, 1.54) is 0 Å². The first-order chi connectivity index (χ1) is 9.81. The van der Waals surface area contributed by atoms with Crippen molar-refractivity contribution in [1.29, 1.82) is 0 Å². The topological polar surface area (TPSA) is 38.8 Å². The molecule has 0 bridgehead atoms. The van der Waals surface area contributed by atoms with Crippen LogP contribution in [0.2, 0.25) is 0 Å². The second kappa shape index (κ2) is 6.27. The molecule has 0 aromatic carbocycles. The molecule has 20 heavy (non-hydrogen) atoms. The van der Waals surface area contributed by atoms with Gasteiger partial charge in [-0.05, 0) is 39.0 Å². The lowest BCUT2D eigenvalue weighted by molar-refractivity contribution is -0.155. The van der Waals surface area contributed by atoms with Crippen LogP contribution in [0.4, 0.5) is 0 Å². The second-order valence-electron chi connectivity index (χ2n) is 5.99. The summed E-state index contributed by atoms with van der Waals surface area (Å²) < 4.78 is 11.7. The van der Waals surface area contributed by atoms with E-state index in [1.807, 2.05) is 6.92 Å². The average Bonchev–Trinajstić information content (AvgIpc) is 2.91. The van der Waals surface area contributed by atoms with E-state index in [9.17, 15) is 4.79 Å². The lowest BCUT2D eigenvalue weighted by Crippen LogP contribution is -2.55. The molecular weight excluding hydrogens is 254 g/mol. The fourth-order valence-corrected chi connectivity index (χ4v) is 3.83. The van der Waals surface area contributed by atoms with Crippen LogP contribution in [-0.4, -0.2) is 48.8 Å². The van der Waals surface area contributed by atoms with Gasteiger partial charge in [0, 0.05) is 19.1 Å². The molecule has 0 N–H and O–H groups in total. The fourth-order valence-electron chi connectivity index (χ4n) is 3.83. The van der Waals surface area contributed by atoms with Gasteiger partial charge in [-0.3, -0.25) is 4.79 Å². The number of fused-ring (bicyclic) bond motifs is 1. The highest BCUT2D eigenvalue weighted by Gasteiger charge is 2.45. The highest BCUT2D eigenvalue weighted by Crippen LogP contribution is 2.34. The van der Waals surface area contributed by atoms with E-state index in [-0.39, 0.29) is 24.2 Å². The summed E-state index contributed by atoms with van der Waals surface area (Å²) in [6.07, 6.45) is 9.58. The molecule has 1 saturated heterocycles. The van der Waals surface area contributed by atoms with Crippen molar-refractivity contribution >= 4 is 5.91 Å². The molecule has 1 amide bonds. The maximum atomic E-state index is 12.8. The number of rotatable bonds is 3. The Morgan fingerprint density at radius 2 is 2.25 bits per heavy atom. The number of nitrogens with zero attached hydrogens (tertiary/aromatic N) is 1. The Bertz CT molecular complexity index is 382. The normalized spacial score (nSPS) is 37.0. The zero-order valence-electron chi connectivity index (χ0n) is 12.3. The van der Waals surface area contributed by atoms with Gasteiger partial charge in [0.1, 0.15) is 6.10 Å². The molecule has 2 fully saturated rings. The molecule has 0 radical (unpaired) electrons. The Balaban J connectivity index is 1.67. The van der Waals surface area contributed by atoms with Crippen LogP contribution in [0, 0.1) is 5.92 Å². The Morgan fingerprint density at radius 3 is 3.00 bits per heavy atom. The number of hydrogen-bond donors (Lipinski definition) is 0. The average molecular weight is 279 g/mol. The van der Waals surface area contributed by atoms with Crippen LogP contribution in [0.5, 0.6) is 0 Å². The number of amides is 1. The third-order valence-electron chi connectivity index (χ3n) is 4.82. The minimum atomic E-state index is 0.0896. The highest BCUT2D eigenvalue weighted by atomic mass is 16.5. The van der Waals surface area contributed by atoms with Crippen molar-refractivity contribution < 1.29 is 14.3 Å². The van der Waals surface area contributed by atoms with Crippen LogP contribution in [0.3, 0.4) is 0 Å². The van der Waals surface area contributed by atoms with Gasteiger partial charge in [0.05, 0.1) is 18.8 Å². The molecule has 0 spiro atoms. The Kier molecular flexibility index (Phi) is 4.41. The van der Waals surface area contributed by atoms with Gasteiger partial charge in [-0.1, -0.05) is 12.2 Å². The lowest BCUT2D eigenvalue weighted by atomic mass is 9.92. The first kappa shape index (κ1) is 14.1. The summed E-state index contributed by atoms with van der Waals surface area (Å²) >= 11 is 0. The van der Waals surface area contributed by atoms with Gasteiger partial charge in [0.2, 0.25) is 5.91 Å². The number of carbonyl (C=O) groups excluding carboxylic acids is 1. The van der Waals surface area contributed by atoms with Crippen molar-refractivity contribution in [3.05, 3.63) is 12.2 Å². The Labute approximate surface area is 121 Å². The molecule has 0 aromatic rings. The summed E-state index contributed by atoms with van der Waals surface area (Å²) in [5.74, 6) is 0.523. The van der Waals surface area contributed by atoms with E-state index < -0.39 is 0 Å². The van der Waals surface area contributed by atoms with E-state index in [1.54, 1.807) is 0 Å². The van der Waals surface area contributed by atoms with Crippen molar-refractivity contribution in [3.8, 4) is 0 Å². The fraction of sp³-hybridized carbons (Fsp3) is 0.812. The number of ether oxygens (including phenoxy) is 2. The summed E-state index contributed by atoms with van der Waals surface area (Å²) in [7, 11) is 0. The molecule has 2 aliphatic carbocycles. The molecule has 0 aromatic heterocycles. The minimum absolute atomic E-state index is 0.0896. The summed E-state index contributed by atoms with van der Waals surface area (Å²) in [6.45, 7) is 4.14. The molecular formula is C16H25NO3. The van der Waals surface area contributed by atoms with Gasteiger partial charge in [-0.25, -0.2) is 0 Å². The smallest absolute Gasteiger partial charge is 0.226 e. The molecule has 4 nitrogen and oxygen atoms in total. The van der Waals surface area contributed by atoms with Crippen molar-refractivity contribution in [3.63, 3.8) is 0 Å². The molecule has 1 saturated carbocycles. The molecule has 3 aliphatic rings. The maximum absolute atomic E-state index is 12.8. The van der Waals surface area contributed by atoms with Crippen molar-refractivity contribution in [2.45, 2.75) is 57.3 Å². The summed E-state index contributed by atoms with van der Waals surface area (Å²) in [4.78, 5) is 14.9.